The van der Waals surface area contributed by atoms with Crippen LogP contribution in [-0.4, -0.2) is 12.5 Å². The molecule has 0 saturated heterocycles. The van der Waals surface area contributed by atoms with Crippen LogP contribution >= 0.6 is 23.5 Å². The van der Waals surface area contributed by atoms with Crippen LogP contribution in [0.4, 0.5) is 0 Å². The van der Waals surface area contributed by atoms with Gasteiger partial charge in [0.2, 0.25) is 5.91 Å². The van der Waals surface area contributed by atoms with Gasteiger partial charge in [0.25, 0.3) is 0 Å². The van der Waals surface area contributed by atoms with Gasteiger partial charge in [-0.25, -0.2) is 0 Å². The van der Waals surface area contributed by atoms with Crippen LogP contribution in [0.15, 0.2) is 44.4 Å². The van der Waals surface area contributed by atoms with E-state index in [-0.39, 0.29) is 5.91 Å². The maximum absolute atomic E-state index is 10.8. The van der Waals surface area contributed by atoms with E-state index in [1.165, 1.54) is 21.6 Å². The second-order valence-corrected chi connectivity index (χ2v) is 5.24. The van der Waals surface area contributed by atoms with Crippen molar-refractivity contribution in [1.29, 1.82) is 0 Å². The van der Waals surface area contributed by atoms with Crippen molar-refractivity contribution in [2.75, 3.05) is 6.54 Å². The molecule has 0 radical (unpaired) electrons. The van der Waals surface area contributed by atoms with Gasteiger partial charge in [-0.15, -0.1) is 0 Å². The molecule has 0 aromatic heterocycles. The number of fused-ring (bicyclic) bond motifs is 1. The van der Waals surface area contributed by atoms with Crippen LogP contribution in [0.5, 0.6) is 0 Å². The SMILES string of the molecule is CC(=O)NCC1=CSc2ccccc2S1. The number of carbonyl (C=O) groups is 1. The number of thioether (sulfide) groups is 2. The van der Waals surface area contributed by atoms with Crippen molar-refractivity contribution in [1.82, 2.24) is 5.32 Å². The normalized spacial score (nSPS) is 14.1. The molecular weight excluding hydrogens is 226 g/mol. The van der Waals surface area contributed by atoms with Crippen molar-refractivity contribution in [3.8, 4) is 0 Å². The minimum absolute atomic E-state index is 0.0142. The molecule has 0 bridgehead atoms. The zero-order valence-corrected chi connectivity index (χ0v) is 9.95. The van der Waals surface area contributed by atoms with Crippen molar-refractivity contribution in [2.45, 2.75) is 16.7 Å². The highest BCUT2D eigenvalue weighted by Crippen LogP contribution is 2.41. The Morgan fingerprint density at radius 3 is 2.80 bits per heavy atom. The monoisotopic (exact) mass is 237 g/mol. The molecule has 0 unspecified atom stereocenters. The molecule has 1 aliphatic heterocycles. The fourth-order valence-corrected chi connectivity index (χ4v) is 3.25. The molecule has 1 heterocycles. The Kier molecular flexibility index (Phi) is 3.38. The van der Waals surface area contributed by atoms with Gasteiger partial charge in [0, 0.05) is 28.2 Å². The Balaban J connectivity index is 2.03. The summed E-state index contributed by atoms with van der Waals surface area (Å²) in [5.41, 5.74) is 0. The first-order chi connectivity index (χ1) is 7.25. The number of carbonyl (C=O) groups excluding carboxylic acids is 1. The number of rotatable bonds is 2. The van der Waals surface area contributed by atoms with E-state index in [1.807, 2.05) is 12.1 Å². The predicted octanol–water partition coefficient (Wildman–Crippen LogP) is 2.86. The summed E-state index contributed by atoms with van der Waals surface area (Å²) in [5.74, 6) is 0.0142. The summed E-state index contributed by atoms with van der Waals surface area (Å²) < 4.78 is 0. The summed E-state index contributed by atoms with van der Waals surface area (Å²) in [5, 5.41) is 4.90. The molecule has 0 atom stereocenters. The van der Waals surface area contributed by atoms with Gasteiger partial charge in [-0.3, -0.25) is 4.79 Å². The minimum atomic E-state index is 0.0142. The summed E-state index contributed by atoms with van der Waals surface area (Å²) in [6.07, 6.45) is 0. The summed E-state index contributed by atoms with van der Waals surface area (Å²) in [7, 11) is 0. The van der Waals surface area contributed by atoms with E-state index in [0.717, 1.165) is 0 Å². The van der Waals surface area contributed by atoms with Gasteiger partial charge in [-0.1, -0.05) is 35.7 Å². The van der Waals surface area contributed by atoms with Crippen LogP contribution in [0.2, 0.25) is 0 Å². The number of amides is 1. The topological polar surface area (TPSA) is 29.1 Å². The van der Waals surface area contributed by atoms with Gasteiger partial charge >= 0.3 is 0 Å². The number of hydrogen-bond donors (Lipinski definition) is 1. The van der Waals surface area contributed by atoms with Crippen molar-refractivity contribution >= 4 is 29.4 Å². The quantitative estimate of drug-likeness (QED) is 0.857. The average molecular weight is 237 g/mol. The molecule has 0 aliphatic carbocycles. The molecule has 1 amide bonds. The molecular formula is C11H11NOS2. The Bertz CT molecular complexity index is 415. The fourth-order valence-electron chi connectivity index (χ4n) is 1.22. The molecule has 0 saturated carbocycles. The maximum atomic E-state index is 10.8. The van der Waals surface area contributed by atoms with E-state index in [2.05, 4.69) is 22.9 Å². The number of hydrogen-bond acceptors (Lipinski definition) is 3. The lowest BCUT2D eigenvalue weighted by Gasteiger charge is -2.15. The first kappa shape index (κ1) is 10.6. The van der Waals surface area contributed by atoms with E-state index in [4.69, 9.17) is 0 Å². The van der Waals surface area contributed by atoms with E-state index >= 15 is 0 Å². The first-order valence-electron chi connectivity index (χ1n) is 4.63. The third kappa shape index (κ3) is 2.79. The van der Waals surface area contributed by atoms with Crippen LogP contribution in [0, 0.1) is 0 Å². The maximum Gasteiger partial charge on any atom is 0.217 e. The van der Waals surface area contributed by atoms with E-state index < -0.39 is 0 Å². The molecule has 15 heavy (non-hydrogen) atoms. The molecule has 2 rings (SSSR count). The molecule has 4 heteroatoms. The largest absolute Gasteiger partial charge is 0.352 e. The zero-order chi connectivity index (χ0) is 10.7. The van der Waals surface area contributed by atoms with Crippen LogP contribution in [-0.2, 0) is 4.79 Å². The lowest BCUT2D eigenvalue weighted by atomic mass is 10.4. The number of benzene rings is 1. The van der Waals surface area contributed by atoms with Crippen molar-refractivity contribution in [2.24, 2.45) is 0 Å². The van der Waals surface area contributed by atoms with Crippen LogP contribution < -0.4 is 5.32 Å². The lowest BCUT2D eigenvalue weighted by Crippen LogP contribution is -2.21. The highest BCUT2D eigenvalue weighted by atomic mass is 32.2. The van der Waals surface area contributed by atoms with E-state index in [9.17, 15) is 4.79 Å². The third-order valence-electron chi connectivity index (χ3n) is 1.92. The molecule has 78 valence electrons. The van der Waals surface area contributed by atoms with Gasteiger partial charge < -0.3 is 5.32 Å². The van der Waals surface area contributed by atoms with Crippen molar-refractivity contribution < 1.29 is 4.79 Å². The van der Waals surface area contributed by atoms with E-state index in [1.54, 1.807) is 23.5 Å². The Labute approximate surface area is 97.5 Å². The highest BCUT2D eigenvalue weighted by molar-refractivity contribution is 8.08. The second kappa shape index (κ2) is 4.77. The Morgan fingerprint density at radius 1 is 1.33 bits per heavy atom. The number of nitrogens with one attached hydrogen (secondary N) is 1. The standard InChI is InChI=1S/C11H11NOS2/c1-8(13)12-6-9-7-14-10-4-2-3-5-11(10)15-9/h2-5,7H,6H2,1H3,(H,12,13). The van der Waals surface area contributed by atoms with Crippen LogP contribution in [0.1, 0.15) is 6.92 Å². The summed E-state index contributed by atoms with van der Waals surface area (Å²) in [6, 6.07) is 8.29. The summed E-state index contributed by atoms with van der Waals surface area (Å²) in [4.78, 5) is 14.5. The average Bonchev–Trinajstić information content (AvgIpc) is 2.26. The molecule has 0 fully saturated rings. The smallest absolute Gasteiger partial charge is 0.217 e. The van der Waals surface area contributed by atoms with Gasteiger partial charge in [0.15, 0.2) is 0 Å². The van der Waals surface area contributed by atoms with Crippen LogP contribution in [0.25, 0.3) is 0 Å². The highest BCUT2D eigenvalue weighted by Gasteiger charge is 2.11. The second-order valence-electron chi connectivity index (χ2n) is 3.16. The fraction of sp³-hybridized carbons (Fsp3) is 0.182. The molecule has 2 nitrogen and oxygen atoms in total. The minimum Gasteiger partial charge on any atom is -0.352 e. The van der Waals surface area contributed by atoms with Crippen molar-refractivity contribution in [3.05, 3.63) is 34.6 Å². The van der Waals surface area contributed by atoms with Gasteiger partial charge in [-0.2, -0.15) is 0 Å². The van der Waals surface area contributed by atoms with E-state index in [0.29, 0.717) is 6.54 Å². The van der Waals surface area contributed by atoms with Gasteiger partial charge in [-0.05, 0) is 17.5 Å². The molecule has 1 aromatic carbocycles. The van der Waals surface area contributed by atoms with Crippen molar-refractivity contribution in [3.63, 3.8) is 0 Å². The Morgan fingerprint density at radius 2 is 2.07 bits per heavy atom. The molecule has 1 aliphatic rings. The van der Waals surface area contributed by atoms with Gasteiger partial charge in [0.1, 0.15) is 0 Å². The third-order valence-corrected chi connectivity index (χ3v) is 4.31. The zero-order valence-electron chi connectivity index (χ0n) is 8.32. The Hall–Kier alpha value is -0.870. The molecule has 1 aromatic rings. The van der Waals surface area contributed by atoms with Crippen LogP contribution in [0.3, 0.4) is 0 Å². The first-order valence-corrected chi connectivity index (χ1v) is 6.32. The predicted molar refractivity (Wildman–Crippen MR) is 64.9 cm³/mol. The summed E-state index contributed by atoms with van der Waals surface area (Å²) in [6.45, 7) is 2.16. The lowest BCUT2D eigenvalue weighted by molar-refractivity contribution is -0.118. The van der Waals surface area contributed by atoms with Gasteiger partial charge in [0.05, 0.1) is 0 Å². The molecule has 0 spiro atoms. The molecule has 1 N–H and O–H groups in total. The summed E-state index contributed by atoms with van der Waals surface area (Å²) >= 11 is 3.44.